The lowest BCUT2D eigenvalue weighted by Crippen LogP contribution is -2.20. The topological polar surface area (TPSA) is 245 Å². The van der Waals surface area contributed by atoms with Crippen LogP contribution in [-0.2, 0) is 26.2 Å². The van der Waals surface area contributed by atoms with Crippen molar-refractivity contribution in [2.45, 2.75) is 53.9 Å². The number of rotatable bonds is 15. The number of nitrogens with one attached hydrogen (secondary N) is 2. The summed E-state index contributed by atoms with van der Waals surface area (Å²) in [6.45, 7) is 8.30. The smallest absolute Gasteiger partial charge is 0.276 e. The summed E-state index contributed by atoms with van der Waals surface area (Å²) in [4.78, 5) is 60.4. The lowest BCUT2D eigenvalue weighted by atomic mass is 10.1. The van der Waals surface area contributed by atoms with Gasteiger partial charge in [-0.3, -0.25) is 39.2 Å². The number of carbonyl (C=O) groups excluding carboxylic acids is 4. The Bertz CT molecular complexity index is 2450. The molecule has 0 aliphatic heterocycles. The van der Waals surface area contributed by atoms with Crippen LogP contribution in [-0.4, -0.2) is 80.6 Å². The average molecular weight is 737 g/mol. The fourth-order valence-electron chi connectivity index (χ4n) is 6.10. The van der Waals surface area contributed by atoms with Gasteiger partial charge in [0, 0.05) is 37.3 Å². The van der Waals surface area contributed by atoms with E-state index in [0.29, 0.717) is 57.9 Å². The van der Waals surface area contributed by atoms with Gasteiger partial charge in [0.25, 0.3) is 11.8 Å². The number of carbonyl (C=O) groups is 4. The van der Waals surface area contributed by atoms with Crippen molar-refractivity contribution >= 4 is 57.6 Å². The largest absolute Gasteiger partial charge is 0.489 e. The van der Waals surface area contributed by atoms with Crippen LogP contribution in [0.2, 0.25) is 0 Å². The molecule has 0 spiro atoms. The summed E-state index contributed by atoms with van der Waals surface area (Å²) >= 11 is 0. The number of nitrogens with zero attached hydrogens (tertiary/aromatic N) is 8. The number of hydrogen-bond donors (Lipinski definition) is 5. The third kappa shape index (κ3) is 7.40. The molecule has 0 fully saturated rings. The molecule has 18 heteroatoms. The van der Waals surface area contributed by atoms with Crippen LogP contribution in [0, 0.1) is 13.8 Å². The number of anilines is 2. The minimum atomic E-state index is -0.708. The molecule has 0 bridgehead atoms. The number of nitrogens with two attached hydrogens (primary N) is 2. The molecular formula is C36H40N12O6. The van der Waals surface area contributed by atoms with E-state index < -0.39 is 23.6 Å². The summed E-state index contributed by atoms with van der Waals surface area (Å²) in [6.07, 6.45) is 3.65. The molecule has 280 valence electrons. The van der Waals surface area contributed by atoms with Crippen LogP contribution in [0.5, 0.6) is 5.75 Å². The SMILES string of the molecule is CCn1nc(C)cc1C(=O)Nc1nc2cc(C(N)=O)ccc2n1CC=CCn1c(NC(=O)c2cc(C)nn2CC)nc2cc(C(N)=O)cc(OCCO)c21. The molecule has 0 saturated carbocycles. The first-order valence-corrected chi connectivity index (χ1v) is 17.2. The Morgan fingerprint density at radius 3 is 1.85 bits per heavy atom. The molecule has 0 aliphatic carbocycles. The Kier molecular flexibility index (Phi) is 10.6. The summed E-state index contributed by atoms with van der Waals surface area (Å²) < 4.78 is 12.5. The highest BCUT2D eigenvalue weighted by atomic mass is 16.5. The van der Waals surface area contributed by atoms with E-state index in [1.165, 1.54) is 12.1 Å². The molecule has 7 N–H and O–H groups in total. The number of amides is 4. The highest BCUT2D eigenvalue weighted by molar-refractivity contribution is 6.05. The van der Waals surface area contributed by atoms with Crippen molar-refractivity contribution < 1.29 is 29.0 Å². The van der Waals surface area contributed by atoms with Gasteiger partial charge in [-0.1, -0.05) is 12.2 Å². The predicted molar refractivity (Wildman–Crippen MR) is 199 cm³/mol. The first-order chi connectivity index (χ1) is 25.9. The maximum atomic E-state index is 13.6. The monoisotopic (exact) mass is 736 g/mol. The third-order valence-electron chi connectivity index (χ3n) is 8.53. The Morgan fingerprint density at radius 2 is 1.30 bits per heavy atom. The molecule has 18 nitrogen and oxygen atoms in total. The number of hydrogen-bond acceptors (Lipinski definition) is 10. The molecule has 6 rings (SSSR count). The van der Waals surface area contributed by atoms with Crippen LogP contribution in [0.3, 0.4) is 0 Å². The molecular weight excluding hydrogens is 696 g/mol. The normalized spacial score (nSPS) is 11.5. The highest BCUT2D eigenvalue weighted by Crippen LogP contribution is 2.31. The van der Waals surface area contributed by atoms with Gasteiger partial charge in [0.1, 0.15) is 29.3 Å². The Labute approximate surface area is 308 Å². The zero-order valence-corrected chi connectivity index (χ0v) is 30.2. The summed E-state index contributed by atoms with van der Waals surface area (Å²) in [5.74, 6) is -1.58. The van der Waals surface area contributed by atoms with E-state index >= 15 is 0 Å². The van der Waals surface area contributed by atoms with Crippen molar-refractivity contribution in [2.24, 2.45) is 11.5 Å². The average Bonchev–Trinajstić information content (AvgIpc) is 3.90. The highest BCUT2D eigenvalue weighted by Gasteiger charge is 2.22. The van der Waals surface area contributed by atoms with Crippen LogP contribution in [0.4, 0.5) is 11.9 Å². The van der Waals surface area contributed by atoms with E-state index in [1.807, 2.05) is 26.0 Å². The number of allylic oxidation sites excluding steroid dienone is 2. The van der Waals surface area contributed by atoms with Gasteiger partial charge >= 0.3 is 0 Å². The van der Waals surface area contributed by atoms with E-state index in [-0.39, 0.29) is 55.1 Å². The van der Waals surface area contributed by atoms with E-state index in [1.54, 1.807) is 62.7 Å². The fraction of sp³-hybridized carbons (Fsp3) is 0.278. The molecule has 6 aromatic rings. The van der Waals surface area contributed by atoms with Gasteiger partial charge in [-0.2, -0.15) is 10.2 Å². The Morgan fingerprint density at radius 1 is 0.759 bits per heavy atom. The van der Waals surface area contributed by atoms with Crippen molar-refractivity contribution in [1.29, 1.82) is 0 Å². The fourth-order valence-corrected chi connectivity index (χ4v) is 6.10. The molecule has 0 unspecified atom stereocenters. The number of ether oxygens (including phenoxy) is 1. The van der Waals surface area contributed by atoms with Crippen molar-refractivity contribution in [1.82, 2.24) is 38.7 Å². The van der Waals surface area contributed by atoms with Crippen molar-refractivity contribution in [3.63, 3.8) is 0 Å². The summed E-state index contributed by atoms with van der Waals surface area (Å²) in [6, 6.07) is 11.2. The Hall–Kier alpha value is -6.82. The summed E-state index contributed by atoms with van der Waals surface area (Å²) in [5, 5.41) is 24.0. The molecule has 0 radical (unpaired) electrons. The number of aryl methyl sites for hydroxylation is 4. The van der Waals surface area contributed by atoms with E-state index in [4.69, 9.17) is 16.2 Å². The Balaban J connectivity index is 1.37. The number of benzene rings is 2. The number of aliphatic hydroxyl groups is 1. The molecule has 0 atom stereocenters. The number of aromatic nitrogens is 8. The number of aliphatic hydroxyl groups excluding tert-OH is 1. The van der Waals surface area contributed by atoms with Gasteiger partial charge in [0.15, 0.2) is 0 Å². The second kappa shape index (κ2) is 15.4. The van der Waals surface area contributed by atoms with Crippen LogP contribution >= 0.6 is 0 Å². The van der Waals surface area contributed by atoms with Crippen LogP contribution in [0.25, 0.3) is 22.1 Å². The van der Waals surface area contributed by atoms with Gasteiger partial charge in [0.05, 0.1) is 34.5 Å². The second-order valence-corrected chi connectivity index (χ2v) is 12.3. The van der Waals surface area contributed by atoms with Crippen LogP contribution in [0.1, 0.15) is 66.9 Å². The molecule has 4 aromatic heterocycles. The number of fused-ring (bicyclic) bond motifs is 2. The molecule has 0 aliphatic rings. The quantitative estimate of drug-likeness (QED) is 0.0965. The van der Waals surface area contributed by atoms with Crippen LogP contribution < -0.4 is 26.8 Å². The standard InChI is InChI=1S/C36H40N12O6/c1-5-47-27(15-20(3)43-47)33(52)41-35-39-24-17-22(31(37)50)9-10-26(24)45(35)11-7-8-12-46-30-25(18-23(32(38)51)19-29(30)54-14-13-49)40-36(46)42-34(53)28-16-21(4)44-48(28)6-2/h7-10,15-19,49H,5-6,11-14H2,1-4H3,(H2,37,50)(H2,38,51)(H,39,41,52)(H,40,42,53). The first-order valence-electron chi connectivity index (χ1n) is 17.2. The first kappa shape index (κ1) is 37.0. The van der Waals surface area contributed by atoms with Gasteiger partial charge in [-0.15, -0.1) is 0 Å². The van der Waals surface area contributed by atoms with E-state index in [2.05, 4.69) is 30.8 Å². The van der Waals surface area contributed by atoms with Crippen molar-refractivity contribution in [3.05, 3.63) is 88.5 Å². The summed E-state index contributed by atoms with van der Waals surface area (Å²) in [5.41, 5.74) is 15.4. The molecule has 2 aromatic carbocycles. The van der Waals surface area contributed by atoms with E-state index in [9.17, 15) is 24.3 Å². The molecule has 54 heavy (non-hydrogen) atoms. The number of imidazole rings is 2. The van der Waals surface area contributed by atoms with Gasteiger partial charge in [-0.25, -0.2) is 9.97 Å². The van der Waals surface area contributed by atoms with Gasteiger partial charge < -0.3 is 30.4 Å². The maximum Gasteiger partial charge on any atom is 0.276 e. The predicted octanol–water partition coefficient (Wildman–Crippen LogP) is 2.77. The minimum Gasteiger partial charge on any atom is -0.489 e. The maximum absolute atomic E-state index is 13.6. The van der Waals surface area contributed by atoms with E-state index in [0.717, 1.165) is 0 Å². The molecule has 4 heterocycles. The lowest BCUT2D eigenvalue weighted by Gasteiger charge is -2.12. The van der Waals surface area contributed by atoms with Gasteiger partial charge in [-0.05, 0) is 70.2 Å². The molecule has 0 saturated heterocycles. The summed E-state index contributed by atoms with van der Waals surface area (Å²) in [7, 11) is 0. The second-order valence-electron chi connectivity index (χ2n) is 12.3. The van der Waals surface area contributed by atoms with Gasteiger partial charge in [0.2, 0.25) is 23.7 Å². The van der Waals surface area contributed by atoms with Crippen molar-refractivity contribution in [3.8, 4) is 5.75 Å². The zero-order valence-electron chi connectivity index (χ0n) is 30.2. The molecule has 4 amide bonds. The third-order valence-corrected chi connectivity index (χ3v) is 8.53. The van der Waals surface area contributed by atoms with Crippen molar-refractivity contribution in [2.75, 3.05) is 23.8 Å². The van der Waals surface area contributed by atoms with Crippen LogP contribution in [0.15, 0.2) is 54.6 Å². The number of primary amides is 2. The minimum absolute atomic E-state index is 0.0761. The lowest BCUT2D eigenvalue weighted by molar-refractivity contribution is 0.0991. The zero-order chi connectivity index (χ0) is 38.7.